The van der Waals surface area contributed by atoms with Crippen LogP contribution in [0.1, 0.15) is 0 Å². The Kier molecular flexibility index (Phi) is 5.40. The van der Waals surface area contributed by atoms with Gasteiger partial charge in [-0.15, -0.1) is 0 Å². The van der Waals surface area contributed by atoms with E-state index in [-0.39, 0.29) is 0 Å². The lowest BCUT2D eigenvalue weighted by molar-refractivity contribution is 0.953. The van der Waals surface area contributed by atoms with Gasteiger partial charge in [-0.1, -0.05) is 97.1 Å². The summed E-state index contributed by atoms with van der Waals surface area (Å²) in [6.07, 6.45) is 1.84. The highest BCUT2D eigenvalue weighted by molar-refractivity contribution is 6.09. The van der Waals surface area contributed by atoms with Gasteiger partial charge in [0.15, 0.2) is 11.6 Å². The van der Waals surface area contributed by atoms with Crippen LogP contribution in [0.2, 0.25) is 0 Å². The molecule has 9 aromatic rings. The molecule has 0 N–H and O–H groups in total. The number of rotatable bonds is 4. The zero-order valence-electron chi connectivity index (χ0n) is 23.5. The first kappa shape index (κ1) is 24.5. The zero-order chi connectivity index (χ0) is 29.0. The van der Waals surface area contributed by atoms with E-state index in [1.54, 1.807) is 0 Å². The summed E-state index contributed by atoms with van der Waals surface area (Å²) in [5.74, 6) is 1.80. The number of para-hydroxylation sites is 3. The van der Waals surface area contributed by atoms with E-state index in [2.05, 4.69) is 112 Å². The molecule has 6 nitrogen and oxygen atoms in total. The quantitative estimate of drug-likeness (QED) is 0.214. The van der Waals surface area contributed by atoms with Gasteiger partial charge in [-0.2, -0.15) is 9.97 Å². The Balaban J connectivity index is 1.30. The van der Waals surface area contributed by atoms with Crippen molar-refractivity contribution in [3.63, 3.8) is 0 Å². The van der Waals surface area contributed by atoms with Gasteiger partial charge in [0.25, 0.3) is 0 Å². The molecule has 0 radical (unpaired) electrons. The molecule has 0 fully saturated rings. The molecular formula is C38H24N6. The van der Waals surface area contributed by atoms with Gasteiger partial charge >= 0.3 is 0 Å². The van der Waals surface area contributed by atoms with Crippen LogP contribution in [0.5, 0.6) is 0 Å². The summed E-state index contributed by atoms with van der Waals surface area (Å²) < 4.78 is 4.35. The number of fused-ring (bicyclic) bond motifs is 6. The van der Waals surface area contributed by atoms with Gasteiger partial charge in [-0.25, -0.2) is 9.97 Å². The maximum atomic E-state index is 5.13. The third kappa shape index (κ3) is 3.75. The van der Waals surface area contributed by atoms with E-state index >= 15 is 0 Å². The van der Waals surface area contributed by atoms with Crippen molar-refractivity contribution in [3.8, 4) is 34.4 Å². The molecule has 4 aromatic heterocycles. The normalized spacial score (nSPS) is 11.6. The highest BCUT2D eigenvalue weighted by Crippen LogP contribution is 2.34. The average molecular weight is 565 g/mol. The molecule has 0 aliphatic carbocycles. The molecule has 0 aliphatic heterocycles. The van der Waals surface area contributed by atoms with Crippen molar-refractivity contribution in [3.05, 3.63) is 146 Å². The molecular weight excluding hydrogens is 540 g/mol. The van der Waals surface area contributed by atoms with Gasteiger partial charge in [0.1, 0.15) is 5.65 Å². The van der Waals surface area contributed by atoms with Crippen LogP contribution in [0.15, 0.2) is 146 Å². The van der Waals surface area contributed by atoms with E-state index in [4.69, 9.17) is 19.9 Å². The van der Waals surface area contributed by atoms with E-state index in [1.165, 1.54) is 5.39 Å². The number of pyridine rings is 1. The fourth-order valence-electron chi connectivity index (χ4n) is 6.29. The molecule has 0 atom stereocenters. The minimum absolute atomic E-state index is 0.579. The highest BCUT2D eigenvalue weighted by Gasteiger charge is 2.18. The van der Waals surface area contributed by atoms with E-state index in [0.29, 0.717) is 17.6 Å². The molecule has 0 aliphatic rings. The van der Waals surface area contributed by atoms with Crippen molar-refractivity contribution in [2.75, 3.05) is 0 Å². The minimum Gasteiger partial charge on any atom is -0.294 e. The smallest absolute Gasteiger partial charge is 0.238 e. The topological polar surface area (TPSA) is 61.4 Å². The van der Waals surface area contributed by atoms with Crippen LogP contribution in [0.4, 0.5) is 0 Å². The summed E-state index contributed by atoms with van der Waals surface area (Å²) in [5.41, 5.74) is 6.94. The fourth-order valence-corrected chi connectivity index (χ4v) is 6.29. The predicted octanol–water partition coefficient (Wildman–Crippen LogP) is 8.79. The second kappa shape index (κ2) is 9.71. The van der Waals surface area contributed by atoms with Crippen molar-refractivity contribution in [2.24, 2.45) is 0 Å². The van der Waals surface area contributed by atoms with Crippen molar-refractivity contribution in [1.29, 1.82) is 0 Å². The maximum Gasteiger partial charge on any atom is 0.238 e. The molecule has 0 saturated heterocycles. The molecule has 206 valence electrons. The van der Waals surface area contributed by atoms with Gasteiger partial charge in [0, 0.05) is 44.6 Å². The van der Waals surface area contributed by atoms with Crippen molar-refractivity contribution < 1.29 is 0 Å². The minimum atomic E-state index is 0.579. The first-order valence-electron chi connectivity index (χ1n) is 14.6. The summed E-state index contributed by atoms with van der Waals surface area (Å²) in [6, 6.07) is 47.8. The molecule has 44 heavy (non-hydrogen) atoms. The molecule has 0 amide bonds. The Hall–Kier alpha value is -6.14. The van der Waals surface area contributed by atoms with Crippen molar-refractivity contribution >= 4 is 43.7 Å². The third-order valence-corrected chi connectivity index (χ3v) is 8.23. The second-order valence-electron chi connectivity index (χ2n) is 10.8. The van der Waals surface area contributed by atoms with Crippen LogP contribution in [0.25, 0.3) is 78.2 Å². The first-order chi connectivity index (χ1) is 21.8. The van der Waals surface area contributed by atoms with Gasteiger partial charge in [0.2, 0.25) is 5.95 Å². The molecule has 0 saturated carbocycles. The van der Waals surface area contributed by atoms with E-state index in [1.807, 2.05) is 42.6 Å². The lowest BCUT2D eigenvalue weighted by atomic mass is 10.1. The molecule has 4 heterocycles. The lowest BCUT2D eigenvalue weighted by Crippen LogP contribution is -2.06. The number of aromatic nitrogens is 6. The number of benzene rings is 5. The van der Waals surface area contributed by atoms with Gasteiger partial charge < -0.3 is 0 Å². The Morgan fingerprint density at radius 3 is 1.66 bits per heavy atom. The summed E-state index contributed by atoms with van der Waals surface area (Å²) in [5, 5.41) is 4.61. The van der Waals surface area contributed by atoms with Crippen LogP contribution in [0.3, 0.4) is 0 Å². The summed E-state index contributed by atoms with van der Waals surface area (Å²) in [4.78, 5) is 20.0. The van der Waals surface area contributed by atoms with Crippen LogP contribution >= 0.6 is 0 Å². The zero-order valence-corrected chi connectivity index (χ0v) is 23.5. The highest BCUT2D eigenvalue weighted by atomic mass is 15.2. The number of hydrogen-bond acceptors (Lipinski definition) is 4. The lowest BCUT2D eigenvalue weighted by Gasteiger charge is -2.12. The predicted molar refractivity (Wildman–Crippen MR) is 177 cm³/mol. The Morgan fingerprint density at radius 1 is 0.409 bits per heavy atom. The molecule has 9 rings (SSSR count). The van der Waals surface area contributed by atoms with E-state index < -0.39 is 0 Å². The Bertz CT molecular complexity index is 2400. The Labute approximate surface area is 252 Å². The SMILES string of the molecule is c1ccc(-c2nc(-c3cccc(-n4c5ccccc5c5cccnc54)c3)nc(-n3c4ccccc4c4ccccc43)n2)cc1. The fraction of sp³-hybridized carbons (Fsp3) is 0. The first-order valence-corrected chi connectivity index (χ1v) is 14.6. The molecule has 6 heteroatoms. The Morgan fingerprint density at radius 2 is 0.955 bits per heavy atom. The summed E-state index contributed by atoms with van der Waals surface area (Å²) in [7, 11) is 0. The van der Waals surface area contributed by atoms with Crippen LogP contribution < -0.4 is 0 Å². The number of nitrogens with zero attached hydrogens (tertiary/aromatic N) is 6. The standard InChI is InChI=1S/C38H24N6/c1-2-12-25(13-3-1)35-40-36(42-38(41-35)44-33-21-8-4-16-28(33)29-17-5-9-22-34(29)44)26-14-10-15-27(24-26)43-32-20-7-6-18-30(32)31-19-11-23-39-37(31)43/h1-24H. The largest absolute Gasteiger partial charge is 0.294 e. The third-order valence-electron chi connectivity index (χ3n) is 8.23. The van der Waals surface area contributed by atoms with Crippen molar-refractivity contribution in [1.82, 2.24) is 29.1 Å². The maximum absolute atomic E-state index is 5.13. The monoisotopic (exact) mass is 564 g/mol. The van der Waals surface area contributed by atoms with Crippen LogP contribution in [-0.2, 0) is 0 Å². The summed E-state index contributed by atoms with van der Waals surface area (Å²) in [6.45, 7) is 0. The molecule has 0 unspecified atom stereocenters. The molecule has 5 aromatic carbocycles. The number of hydrogen-bond donors (Lipinski definition) is 0. The molecule has 0 spiro atoms. The van der Waals surface area contributed by atoms with Crippen molar-refractivity contribution in [2.45, 2.75) is 0 Å². The van der Waals surface area contributed by atoms with Crippen LogP contribution in [0, 0.1) is 0 Å². The molecule has 0 bridgehead atoms. The van der Waals surface area contributed by atoms with Crippen LogP contribution in [-0.4, -0.2) is 29.1 Å². The summed E-state index contributed by atoms with van der Waals surface area (Å²) >= 11 is 0. The van der Waals surface area contributed by atoms with E-state index in [0.717, 1.165) is 55.2 Å². The van der Waals surface area contributed by atoms with Gasteiger partial charge in [-0.3, -0.25) is 9.13 Å². The van der Waals surface area contributed by atoms with E-state index in [9.17, 15) is 0 Å². The average Bonchev–Trinajstić information content (AvgIpc) is 3.62. The van der Waals surface area contributed by atoms with Gasteiger partial charge in [0.05, 0.1) is 16.6 Å². The second-order valence-corrected chi connectivity index (χ2v) is 10.8. The van der Waals surface area contributed by atoms with Gasteiger partial charge in [-0.05, 0) is 42.5 Å².